The second-order valence-corrected chi connectivity index (χ2v) is 12.3. The summed E-state index contributed by atoms with van der Waals surface area (Å²) < 4.78 is 6.07. The molecule has 3 N–H and O–H groups in total. The van der Waals surface area contributed by atoms with Gasteiger partial charge in [0.1, 0.15) is 5.78 Å². The van der Waals surface area contributed by atoms with Crippen molar-refractivity contribution in [2.75, 3.05) is 0 Å². The Balaban J connectivity index is 1.84. The van der Waals surface area contributed by atoms with E-state index in [2.05, 4.69) is 23.8 Å². The van der Waals surface area contributed by atoms with E-state index in [1.54, 1.807) is 31.3 Å². The summed E-state index contributed by atoms with van der Waals surface area (Å²) in [7, 11) is 0. The Bertz CT molecular complexity index is 973. The topological polar surface area (TPSA) is 112 Å². The summed E-state index contributed by atoms with van der Waals surface area (Å²) in [5, 5.41) is 28.0. The van der Waals surface area contributed by atoms with Gasteiger partial charge in [0.05, 0.1) is 52.5 Å². The molecule has 8 heteroatoms. The minimum absolute atomic E-state index is 0.00853. The van der Waals surface area contributed by atoms with Crippen LogP contribution in [0.15, 0.2) is 24.1 Å². The summed E-state index contributed by atoms with van der Waals surface area (Å²) >= 11 is 1.57. The summed E-state index contributed by atoms with van der Waals surface area (Å²) in [6, 6.07) is -0.292. The molecule has 2 aliphatic heterocycles. The number of allylic oxidation sites excluding steroid dienone is 1. The number of hydrogen-bond donors (Lipinski definition) is 3. The molecule has 3 rings (SSSR count). The Morgan fingerprint density at radius 2 is 2.03 bits per heavy atom. The number of fused-ring (bicyclic) bond motifs is 1. The lowest BCUT2D eigenvalue weighted by molar-refractivity contribution is -0.143. The van der Waals surface area contributed by atoms with Crippen LogP contribution in [-0.4, -0.2) is 56.8 Å². The van der Waals surface area contributed by atoms with Crippen LogP contribution in [0.25, 0.3) is 6.08 Å². The summed E-state index contributed by atoms with van der Waals surface area (Å²) in [6.45, 7) is 13.1. The van der Waals surface area contributed by atoms with Gasteiger partial charge in [-0.25, -0.2) is 4.98 Å². The number of aliphatic hydroxyl groups is 2. The average Bonchev–Trinajstić information content (AvgIpc) is 3.24. The van der Waals surface area contributed by atoms with Gasteiger partial charge in [-0.1, -0.05) is 39.3 Å². The first-order valence-electron chi connectivity index (χ1n) is 13.0. The van der Waals surface area contributed by atoms with Gasteiger partial charge >= 0.3 is 0 Å². The fourth-order valence-corrected chi connectivity index (χ4v) is 5.74. The zero-order chi connectivity index (χ0) is 26.7. The number of carbonyl (C=O) groups is 2. The number of thiazole rings is 1. The van der Waals surface area contributed by atoms with E-state index in [9.17, 15) is 19.8 Å². The van der Waals surface area contributed by atoms with Crippen molar-refractivity contribution < 1.29 is 24.5 Å². The molecule has 1 aromatic rings. The Labute approximate surface area is 219 Å². The number of nitrogens with one attached hydrogen (secondary N) is 1. The molecule has 2 aliphatic rings. The van der Waals surface area contributed by atoms with E-state index in [0.29, 0.717) is 12.8 Å². The van der Waals surface area contributed by atoms with E-state index >= 15 is 0 Å². The van der Waals surface area contributed by atoms with Crippen molar-refractivity contribution in [3.05, 3.63) is 34.8 Å². The van der Waals surface area contributed by atoms with Crippen molar-refractivity contribution in [1.29, 1.82) is 0 Å². The molecule has 7 nitrogen and oxygen atoms in total. The van der Waals surface area contributed by atoms with Gasteiger partial charge in [0.2, 0.25) is 5.91 Å². The number of rotatable bonds is 4. The van der Waals surface area contributed by atoms with Crippen LogP contribution in [0, 0.1) is 24.2 Å². The van der Waals surface area contributed by atoms with Crippen LogP contribution >= 0.6 is 11.3 Å². The molecule has 1 aromatic heterocycles. The number of nitrogens with zero attached hydrogens (tertiary/aromatic N) is 1. The van der Waals surface area contributed by atoms with Crippen LogP contribution in [0.4, 0.5) is 0 Å². The molecular formula is C28H42N2O5S. The number of aromatic nitrogens is 1. The Hall–Kier alpha value is -1.87. The third-order valence-corrected chi connectivity index (χ3v) is 8.71. The van der Waals surface area contributed by atoms with Crippen molar-refractivity contribution in [2.24, 2.45) is 17.3 Å². The number of epoxide rings is 1. The standard InChI is InChI=1S/C28H42N2O5S/c1-7-9-21-25(33)17(2)10-8-13-28(6)23(35-28)14-19(11-12-20-16-36-18(3)29-20)30-24(32)15-22(31)27(4,5)26(21)34/h7,11-12,16-17,19,21-23,25,31,33H,1,8-10,13-15H2,2-6H3,(H,30,32). The summed E-state index contributed by atoms with van der Waals surface area (Å²) in [5.41, 5.74) is -0.635. The zero-order valence-electron chi connectivity index (χ0n) is 22.2. The number of ether oxygens (including phenoxy) is 1. The molecule has 3 heterocycles. The largest absolute Gasteiger partial charge is 0.392 e. The molecule has 7 atom stereocenters. The molecule has 0 saturated carbocycles. The van der Waals surface area contributed by atoms with E-state index in [-0.39, 0.29) is 41.8 Å². The molecule has 0 spiro atoms. The van der Waals surface area contributed by atoms with Gasteiger partial charge in [-0.3, -0.25) is 9.59 Å². The minimum Gasteiger partial charge on any atom is -0.392 e. The molecule has 200 valence electrons. The normalized spacial score (nSPS) is 36.3. The maximum atomic E-state index is 13.5. The number of carbonyl (C=O) groups excluding carboxylic acids is 2. The van der Waals surface area contributed by atoms with Crippen molar-refractivity contribution >= 4 is 29.1 Å². The second kappa shape index (κ2) is 11.7. The van der Waals surface area contributed by atoms with E-state index in [0.717, 1.165) is 30.0 Å². The molecule has 0 aromatic carbocycles. The van der Waals surface area contributed by atoms with Crippen LogP contribution in [0.2, 0.25) is 0 Å². The molecule has 0 aliphatic carbocycles. The van der Waals surface area contributed by atoms with E-state index < -0.39 is 23.5 Å². The number of ketones is 1. The molecule has 2 saturated heterocycles. The molecule has 0 radical (unpaired) electrons. The van der Waals surface area contributed by atoms with Gasteiger partial charge in [-0.05, 0) is 45.1 Å². The smallest absolute Gasteiger partial charge is 0.223 e. The van der Waals surface area contributed by atoms with E-state index in [4.69, 9.17) is 4.74 Å². The Morgan fingerprint density at radius 3 is 2.67 bits per heavy atom. The predicted octanol–water partition coefficient (Wildman–Crippen LogP) is 4.22. The highest BCUT2D eigenvalue weighted by Crippen LogP contribution is 2.44. The summed E-state index contributed by atoms with van der Waals surface area (Å²) in [4.78, 5) is 31.0. The van der Waals surface area contributed by atoms with Crippen LogP contribution in [-0.2, 0) is 14.3 Å². The first-order valence-corrected chi connectivity index (χ1v) is 13.8. The highest BCUT2D eigenvalue weighted by Gasteiger charge is 2.52. The number of amides is 1. The van der Waals surface area contributed by atoms with Gasteiger partial charge in [-0.15, -0.1) is 17.9 Å². The van der Waals surface area contributed by atoms with Crippen LogP contribution < -0.4 is 5.32 Å². The van der Waals surface area contributed by atoms with Crippen LogP contribution in [0.5, 0.6) is 0 Å². The molecule has 0 bridgehead atoms. The fourth-order valence-electron chi connectivity index (χ4n) is 5.16. The molecule has 7 unspecified atom stereocenters. The lowest BCUT2D eigenvalue weighted by atomic mass is 9.71. The molecule has 2 fully saturated rings. The average molecular weight is 519 g/mol. The first-order chi connectivity index (χ1) is 16.9. The van der Waals surface area contributed by atoms with Gasteiger partial charge in [-0.2, -0.15) is 0 Å². The molecular weight excluding hydrogens is 476 g/mol. The zero-order valence-corrected chi connectivity index (χ0v) is 23.0. The van der Waals surface area contributed by atoms with Crippen LogP contribution in [0.1, 0.15) is 76.9 Å². The predicted molar refractivity (Wildman–Crippen MR) is 142 cm³/mol. The number of hydrogen-bond acceptors (Lipinski definition) is 7. The van der Waals surface area contributed by atoms with Gasteiger partial charge in [0.25, 0.3) is 0 Å². The highest BCUT2D eigenvalue weighted by atomic mass is 32.1. The number of aryl methyl sites for hydroxylation is 1. The van der Waals surface area contributed by atoms with Crippen molar-refractivity contribution in [2.45, 2.75) is 103 Å². The first kappa shape index (κ1) is 28.7. The van der Waals surface area contributed by atoms with Crippen LogP contribution in [0.3, 0.4) is 0 Å². The van der Waals surface area contributed by atoms with Gasteiger partial charge in [0.15, 0.2) is 0 Å². The maximum absolute atomic E-state index is 13.5. The lowest BCUT2D eigenvalue weighted by Crippen LogP contribution is -2.47. The Kier molecular flexibility index (Phi) is 9.30. The quantitative estimate of drug-likeness (QED) is 0.407. The maximum Gasteiger partial charge on any atom is 0.223 e. The third-order valence-electron chi connectivity index (χ3n) is 7.92. The monoisotopic (exact) mass is 518 g/mol. The highest BCUT2D eigenvalue weighted by molar-refractivity contribution is 7.09. The summed E-state index contributed by atoms with van der Waals surface area (Å²) in [6.07, 6.45) is 6.61. The molecule has 36 heavy (non-hydrogen) atoms. The number of aliphatic hydroxyl groups excluding tert-OH is 2. The second-order valence-electron chi connectivity index (χ2n) is 11.3. The Morgan fingerprint density at radius 1 is 1.31 bits per heavy atom. The van der Waals surface area contributed by atoms with E-state index in [1.165, 1.54) is 0 Å². The van der Waals surface area contributed by atoms with Gasteiger partial charge in [0, 0.05) is 17.7 Å². The fraction of sp³-hybridized carbons (Fsp3) is 0.679. The molecule has 1 amide bonds. The lowest BCUT2D eigenvalue weighted by Gasteiger charge is -2.35. The summed E-state index contributed by atoms with van der Waals surface area (Å²) in [5.74, 6) is -1.37. The van der Waals surface area contributed by atoms with Crippen molar-refractivity contribution in [3.63, 3.8) is 0 Å². The van der Waals surface area contributed by atoms with Gasteiger partial charge < -0.3 is 20.3 Å². The van der Waals surface area contributed by atoms with Crippen molar-refractivity contribution in [3.8, 4) is 0 Å². The van der Waals surface area contributed by atoms with E-state index in [1.807, 2.05) is 31.4 Å². The third kappa shape index (κ3) is 6.91. The number of Topliss-reactive ketones (excluding diaryl/α,β-unsaturated/α-hetero) is 1. The minimum atomic E-state index is -1.20. The SMILES string of the molecule is C=CCC1C(=O)C(C)(C)C(O)CC(=O)NC(C=Cc2csc(C)n2)CC2OC2(C)CCCC(C)C1O. The van der Waals surface area contributed by atoms with Crippen molar-refractivity contribution in [1.82, 2.24) is 10.3 Å².